The van der Waals surface area contributed by atoms with E-state index in [9.17, 15) is 4.79 Å². The van der Waals surface area contributed by atoms with Crippen LogP contribution in [0.15, 0.2) is 29.4 Å². The molecular weight excluding hydrogens is 144 g/mol. The van der Waals surface area contributed by atoms with Crippen LogP contribution in [0.3, 0.4) is 0 Å². The summed E-state index contributed by atoms with van der Waals surface area (Å²) in [6.07, 6.45) is 2.36. The van der Waals surface area contributed by atoms with E-state index in [0.717, 1.165) is 6.20 Å². The lowest BCUT2D eigenvalue weighted by Crippen LogP contribution is -2.04. The molecule has 0 fully saturated rings. The van der Waals surface area contributed by atoms with E-state index in [1.54, 1.807) is 6.92 Å². The summed E-state index contributed by atoms with van der Waals surface area (Å²) in [6, 6.07) is 0. The van der Waals surface area contributed by atoms with Crippen LogP contribution >= 0.6 is 0 Å². The summed E-state index contributed by atoms with van der Waals surface area (Å²) in [5.41, 5.74) is 5.20. The lowest BCUT2D eigenvalue weighted by Gasteiger charge is -1.89. The molecular formula is C7H10N2O2. The van der Waals surface area contributed by atoms with Gasteiger partial charge in [0.25, 0.3) is 0 Å². The van der Waals surface area contributed by atoms with Crippen molar-refractivity contribution in [2.75, 3.05) is 0 Å². The number of nitrogens with two attached hydrogens (primary N) is 1. The number of carboxylic acids is 1. The molecule has 0 unspecified atom stereocenters. The summed E-state index contributed by atoms with van der Waals surface area (Å²) in [5, 5.41) is 8.44. The Kier molecular flexibility index (Phi) is 3.66. The van der Waals surface area contributed by atoms with E-state index in [-0.39, 0.29) is 5.57 Å². The number of aliphatic carboxylic acids is 1. The highest BCUT2D eigenvalue weighted by molar-refractivity contribution is 5.90. The molecule has 0 radical (unpaired) electrons. The van der Waals surface area contributed by atoms with Crippen molar-refractivity contribution in [1.29, 1.82) is 0 Å². The van der Waals surface area contributed by atoms with Gasteiger partial charge in [0.1, 0.15) is 0 Å². The average molecular weight is 154 g/mol. The van der Waals surface area contributed by atoms with E-state index < -0.39 is 5.97 Å². The predicted octanol–water partition coefficient (Wildman–Crippen LogP) is 0.518. The largest absolute Gasteiger partial charge is 0.478 e. The van der Waals surface area contributed by atoms with E-state index in [0.29, 0.717) is 5.84 Å². The molecule has 0 saturated heterocycles. The van der Waals surface area contributed by atoms with E-state index in [1.165, 1.54) is 6.08 Å². The predicted molar refractivity (Wildman–Crippen MR) is 43.2 cm³/mol. The number of amidine groups is 1. The molecule has 0 aliphatic rings. The Labute approximate surface area is 64.7 Å². The van der Waals surface area contributed by atoms with Crippen LogP contribution in [0.1, 0.15) is 6.92 Å². The van der Waals surface area contributed by atoms with Crippen LogP contribution in [-0.4, -0.2) is 16.9 Å². The highest BCUT2D eigenvalue weighted by Crippen LogP contribution is 1.95. The molecule has 0 aromatic carbocycles. The maximum atomic E-state index is 10.3. The number of aliphatic imine (C=N–C) groups is 1. The summed E-state index contributed by atoms with van der Waals surface area (Å²) >= 11 is 0. The lowest BCUT2D eigenvalue weighted by atomic mass is 10.3. The second-order valence-electron chi connectivity index (χ2n) is 1.86. The normalized spacial score (nSPS) is 12.8. The van der Waals surface area contributed by atoms with Crippen molar-refractivity contribution >= 4 is 11.8 Å². The van der Waals surface area contributed by atoms with Gasteiger partial charge in [0.05, 0.1) is 11.4 Å². The zero-order valence-corrected chi connectivity index (χ0v) is 6.24. The molecule has 0 bridgehead atoms. The number of nitrogens with zero attached hydrogens (tertiary/aromatic N) is 1. The first-order valence-corrected chi connectivity index (χ1v) is 2.93. The first kappa shape index (κ1) is 9.42. The number of hydrogen-bond donors (Lipinski definition) is 2. The Hall–Kier alpha value is -1.58. The third-order valence-corrected chi connectivity index (χ3v) is 0.874. The van der Waals surface area contributed by atoms with Gasteiger partial charge in [-0.25, -0.2) is 9.79 Å². The van der Waals surface area contributed by atoms with Crippen LogP contribution in [0.2, 0.25) is 0 Å². The second kappa shape index (κ2) is 4.27. The van der Waals surface area contributed by atoms with Gasteiger partial charge in [-0.2, -0.15) is 0 Å². The van der Waals surface area contributed by atoms with Crippen LogP contribution < -0.4 is 5.73 Å². The molecule has 11 heavy (non-hydrogen) atoms. The Morgan fingerprint density at radius 2 is 2.27 bits per heavy atom. The van der Waals surface area contributed by atoms with Crippen LogP contribution in [0.25, 0.3) is 0 Å². The van der Waals surface area contributed by atoms with Crippen LogP contribution in [0.5, 0.6) is 0 Å². The molecule has 0 aromatic rings. The molecule has 0 saturated carbocycles. The zero-order valence-electron chi connectivity index (χ0n) is 6.24. The second-order valence-corrected chi connectivity index (χ2v) is 1.86. The van der Waals surface area contributed by atoms with Crippen LogP contribution in [0.4, 0.5) is 0 Å². The SMILES string of the molecule is C=C/C(=C\N=C(C)N)C(=O)O. The van der Waals surface area contributed by atoms with Gasteiger partial charge in [0.2, 0.25) is 0 Å². The van der Waals surface area contributed by atoms with Crippen LogP contribution in [0, 0.1) is 0 Å². The van der Waals surface area contributed by atoms with Crippen molar-refractivity contribution in [1.82, 2.24) is 0 Å². The van der Waals surface area contributed by atoms with E-state index >= 15 is 0 Å². The number of carbonyl (C=O) groups is 1. The molecule has 4 heteroatoms. The molecule has 0 aliphatic heterocycles. The topological polar surface area (TPSA) is 75.7 Å². The molecule has 0 rings (SSSR count). The molecule has 0 amide bonds. The molecule has 60 valence electrons. The molecule has 4 nitrogen and oxygen atoms in total. The monoisotopic (exact) mass is 154 g/mol. The van der Waals surface area contributed by atoms with Gasteiger partial charge in [-0.05, 0) is 6.92 Å². The third-order valence-electron chi connectivity index (χ3n) is 0.874. The van der Waals surface area contributed by atoms with Crippen molar-refractivity contribution < 1.29 is 9.90 Å². The summed E-state index contributed by atoms with van der Waals surface area (Å²) in [4.78, 5) is 13.9. The Balaban J connectivity index is 4.50. The van der Waals surface area contributed by atoms with Gasteiger partial charge >= 0.3 is 5.97 Å². The Morgan fingerprint density at radius 3 is 2.55 bits per heavy atom. The quantitative estimate of drug-likeness (QED) is 0.269. The maximum absolute atomic E-state index is 10.3. The minimum absolute atomic E-state index is 0.0230. The Bertz CT molecular complexity index is 225. The highest BCUT2D eigenvalue weighted by Gasteiger charge is 1.99. The summed E-state index contributed by atoms with van der Waals surface area (Å²) < 4.78 is 0. The van der Waals surface area contributed by atoms with Crippen molar-refractivity contribution in [3.63, 3.8) is 0 Å². The minimum atomic E-state index is -1.06. The van der Waals surface area contributed by atoms with Crippen molar-refractivity contribution in [3.8, 4) is 0 Å². The van der Waals surface area contributed by atoms with Gasteiger partial charge in [-0.1, -0.05) is 12.7 Å². The van der Waals surface area contributed by atoms with Gasteiger partial charge in [-0.3, -0.25) is 0 Å². The lowest BCUT2D eigenvalue weighted by molar-refractivity contribution is -0.132. The molecule has 3 N–H and O–H groups in total. The standard InChI is InChI=1S/C7H10N2O2/c1-3-6(7(10)11)4-9-5(2)8/h3-4H,1H2,2H3,(H2,8,9)(H,10,11)/b6-4+. The van der Waals surface area contributed by atoms with Crippen LogP contribution in [-0.2, 0) is 4.79 Å². The number of hydrogen-bond acceptors (Lipinski definition) is 2. The fourth-order valence-corrected chi connectivity index (χ4v) is 0.367. The van der Waals surface area contributed by atoms with Crippen molar-refractivity contribution in [3.05, 3.63) is 24.4 Å². The van der Waals surface area contributed by atoms with Crippen molar-refractivity contribution in [2.24, 2.45) is 10.7 Å². The van der Waals surface area contributed by atoms with Crippen molar-refractivity contribution in [2.45, 2.75) is 6.92 Å². The Morgan fingerprint density at radius 1 is 1.73 bits per heavy atom. The molecule has 0 spiro atoms. The van der Waals surface area contributed by atoms with E-state index in [1.807, 2.05) is 0 Å². The fraction of sp³-hybridized carbons (Fsp3) is 0.143. The summed E-state index contributed by atoms with van der Waals surface area (Å²) in [6.45, 7) is 4.87. The average Bonchev–Trinajstić information content (AvgIpc) is 1.87. The third kappa shape index (κ3) is 3.91. The summed E-state index contributed by atoms with van der Waals surface area (Å²) in [5.74, 6) is -0.754. The number of carboxylic acid groups (broad SMARTS) is 1. The first-order valence-electron chi connectivity index (χ1n) is 2.93. The number of rotatable bonds is 3. The molecule has 0 heterocycles. The van der Waals surface area contributed by atoms with Gasteiger partial charge in [-0.15, -0.1) is 0 Å². The van der Waals surface area contributed by atoms with Gasteiger partial charge < -0.3 is 10.8 Å². The highest BCUT2D eigenvalue weighted by atomic mass is 16.4. The maximum Gasteiger partial charge on any atom is 0.337 e. The van der Waals surface area contributed by atoms with E-state index in [4.69, 9.17) is 10.8 Å². The summed E-state index contributed by atoms with van der Waals surface area (Å²) in [7, 11) is 0. The molecule has 0 aliphatic carbocycles. The molecule has 0 atom stereocenters. The van der Waals surface area contributed by atoms with E-state index in [2.05, 4.69) is 11.6 Å². The molecule has 0 aromatic heterocycles. The van der Waals surface area contributed by atoms with Gasteiger partial charge in [0.15, 0.2) is 0 Å². The zero-order chi connectivity index (χ0) is 8.85. The smallest absolute Gasteiger partial charge is 0.337 e. The minimum Gasteiger partial charge on any atom is -0.478 e. The first-order chi connectivity index (χ1) is 5.07. The fourth-order valence-electron chi connectivity index (χ4n) is 0.367. The van der Waals surface area contributed by atoms with Gasteiger partial charge in [0, 0.05) is 6.20 Å².